The maximum atomic E-state index is 12.2. The van der Waals surface area contributed by atoms with E-state index in [-0.39, 0.29) is 11.4 Å². The van der Waals surface area contributed by atoms with Crippen molar-refractivity contribution in [2.45, 2.75) is 0 Å². The summed E-state index contributed by atoms with van der Waals surface area (Å²) in [6.07, 6.45) is 0. The second-order valence-electron chi connectivity index (χ2n) is 5.67. The van der Waals surface area contributed by atoms with Gasteiger partial charge in [0.1, 0.15) is 11.5 Å². The number of furan rings is 1. The number of hydrogen-bond donors (Lipinski definition) is 0. The standard InChI is InChI=1S/C20H15NO7/c1-26-18-5-3-2-4-15(18)16(22)12-27-20(23)19-11-10-17(28-19)13-6-8-14(9-7-13)21(24)25/h2-11H,12H2,1H3. The van der Waals surface area contributed by atoms with Gasteiger partial charge in [0.15, 0.2) is 6.61 Å². The molecule has 0 aliphatic heterocycles. The predicted octanol–water partition coefficient (Wildman–Crippen LogP) is 3.90. The SMILES string of the molecule is COc1ccccc1C(=O)COC(=O)c1ccc(-c2ccc([N+](=O)[O-])cc2)o1. The number of nitro benzene ring substituents is 1. The minimum Gasteiger partial charge on any atom is -0.496 e. The minimum atomic E-state index is -0.795. The third-order valence-corrected chi connectivity index (χ3v) is 3.91. The van der Waals surface area contributed by atoms with Gasteiger partial charge in [-0.05, 0) is 36.4 Å². The molecule has 1 heterocycles. The number of carbonyl (C=O) groups excluding carboxylic acids is 2. The number of ether oxygens (including phenoxy) is 2. The van der Waals surface area contributed by atoms with Crippen LogP contribution in [0, 0.1) is 10.1 Å². The van der Waals surface area contributed by atoms with Gasteiger partial charge in [-0.3, -0.25) is 14.9 Å². The van der Waals surface area contributed by atoms with Crippen LogP contribution < -0.4 is 4.74 Å². The topological polar surface area (TPSA) is 109 Å². The molecule has 142 valence electrons. The van der Waals surface area contributed by atoms with Gasteiger partial charge in [0.05, 0.1) is 17.6 Å². The zero-order valence-corrected chi connectivity index (χ0v) is 14.8. The van der Waals surface area contributed by atoms with E-state index in [1.807, 2.05) is 0 Å². The number of carbonyl (C=O) groups is 2. The van der Waals surface area contributed by atoms with Gasteiger partial charge in [0, 0.05) is 17.7 Å². The van der Waals surface area contributed by atoms with Crippen LogP contribution in [0.15, 0.2) is 65.1 Å². The van der Waals surface area contributed by atoms with Crippen LogP contribution in [0.4, 0.5) is 5.69 Å². The summed E-state index contributed by atoms with van der Waals surface area (Å²) in [5.74, 6) is -0.551. The summed E-state index contributed by atoms with van der Waals surface area (Å²) in [6.45, 7) is -0.466. The average molecular weight is 381 g/mol. The molecular weight excluding hydrogens is 366 g/mol. The number of Topliss-reactive ketones (excluding diaryl/α,β-unsaturated/α-hetero) is 1. The van der Waals surface area contributed by atoms with Gasteiger partial charge in [0.2, 0.25) is 11.5 Å². The van der Waals surface area contributed by atoms with Gasteiger partial charge < -0.3 is 13.9 Å². The maximum Gasteiger partial charge on any atom is 0.374 e. The van der Waals surface area contributed by atoms with E-state index in [1.54, 1.807) is 30.3 Å². The number of nitrogens with zero attached hydrogens (tertiary/aromatic N) is 1. The van der Waals surface area contributed by atoms with Crippen LogP contribution in [0.2, 0.25) is 0 Å². The lowest BCUT2D eigenvalue weighted by molar-refractivity contribution is -0.384. The van der Waals surface area contributed by atoms with Crippen LogP contribution in [0.25, 0.3) is 11.3 Å². The second-order valence-corrected chi connectivity index (χ2v) is 5.67. The average Bonchev–Trinajstić information content (AvgIpc) is 3.22. The molecule has 3 rings (SSSR count). The van der Waals surface area contributed by atoms with E-state index >= 15 is 0 Å². The highest BCUT2D eigenvalue weighted by molar-refractivity contribution is 6.01. The number of benzene rings is 2. The Labute approximate surface area is 159 Å². The Kier molecular flexibility index (Phi) is 5.50. The molecule has 0 aliphatic rings. The van der Waals surface area contributed by atoms with Crippen molar-refractivity contribution < 1.29 is 28.4 Å². The van der Waals surface area contributed by atoms with E-state index in [2.05, 4.69) is 0 Å². The molecular formula is C20H15NO7. The van der Waals surface area contributed by atoms with Gasteiger partial charge in [-0.2, -0.15) is 0 Å². The molecule has 28 heavy (non-hydrogen) atoms. The fraction of sp³-hybridized carbons (Fsp3) is 0.100. The lowest BCUT2D eigenvalue weighted by Gasteiger charge is -2.07. The highest BCUT2D eigenvalue weighted by Gasteiger charge is 2.18. The number of rotatable bonds is 7. The number of non-ortho nitro benzene ring substituents is 1. The number of hydrogen-bond acceptors (Lipinski definition) is 7. The molecule has 1 aromatic heterocycles. The number of nitro groups is 1. The summed E-state index contributed by atoms with van der Waals surface area (Å²) in [5.41, 5.74) is 0.823. The summed E-state index contributed by atoms with van der Waals surface area (Å²) in [4.78, 5) is 34.6. The molecule has 0 bridgehead atoms. The summed E-state index contributed by atoms with van der Waals surface area (Å²) < 4.78 is 15.6. The van der Waals surface area contributed by atoms with Crippen LogP contribution in [0.1, 0.15) is 20.9 Å². The van der Waals surface area contributed by atoms with Crippen molar-refractivity contribution in [2.24, 2.45) is 0 Å². The van der Waals surface area contributed by atoms with Crippen LogP contribution >= 0.6 is 0 Å². The molecule has 0 fully saturated rings. The summed E-state index contributed by atoms with van der Waals surface area (Å²) in [5, 5.41) is 10.7. The van der Waals surface area contributed by atoms with E-state index in [9.17, 15) is 19.7 Å². The van der Waals surface area contributed by atoms with E-state index in [4.69, 9.17) is 13.9 Å². The molecule has 0 radical (unpaired) electrons. The number of methoxy groups -OCH3 is 1. The first-order valence-electron chi connectivity index (χ1n) is 8.17. The molecule has 0 N–H and O–H groups in total. The molecule has 8 nitrogen and oxygen atoms in total. The van der Waals surface area contributed by atoms with E-state index in [0.29, 0.717) is 22.6 Å². The molecule has 0 atom stereocenters. The highest BCUT2D eigenvalue weighted by Crippen LogP contribution is 2.25. The fourth-order valence-corrected chi connectivity index (χ4v) is 2.51. The van der Waals surface area contributed by atoms with Crippen molar-refractivity contribution in [1.82, 2.24) is 0 Å². The van der Waals surface area contributed by atoms with Gasteiger partial charge in [0.25, 0.3) is 5.69 Å². The molecule has 0 saturated heterocycles. The Bertz CT molecular complexity index is 1020. The molecule has 8 heteroatoms. The molecule has 3 aromatic rings. The fourth-order valence-electron chi connectivity index (χ4n) is 2.51. The molecule has 0 spiro atoms. The van der Waals surface area contributed by atoms with Crippen LogP contribution in [0.3, 0.4) is 0 Å². The Morgan fingerprint density at radius 3 is 2.43 bits per heavy atom. The smallest absolute Gasteiger partial charge is 0.374 e. The van der Waals surface area contributed by atoms with E-state index < -0.39 is 23.3 Å². The molecule has 0 amide bonds. The first kappa shape index (κ1) is 18.8. The van der Waals surface area contributed by atoms with Gasteiger partial charge in [-0.1, -0.05) is 12.1 Å². The van der Waals surface area contributed by atoms with Gasteiger partial charge in [-0.25, -0.2) is 4.79 Å². The van der Waals surface area contributed by atoms with Crippen molar-refractivity contribution in [3.8, 4) is 17.1 Å². The molecule has 2 aromatic carbocycles. The monoisotopic (exact) mass is 381 g/mol. The highest BCUT2D eigenvalue weighted by atomic mass is 16.6. The number of esters is 1. The van der Waals surface area contributed by atoms with Crippen LogP contribution in [-0.4, -0.2) is 30.4 Å². The second kappa shape index (κ2) is 8.17. The molecule has 0 saturated carbocycles. The third kappa shape index (κ3) is 4.07. The Morgan fingerprint density at radius 2 is 1.75 bits per heavy atom. The van der Waals surface area contributed by atoms with Gasteiger partial charge >= 0.3 is 5.97 Å². The zero-order valence-electron chi connectivity index (χ0n) is 14.8. The zero-order chi connectivity index (χ0) is 20.1. The van der Waals surface area contributed by atoms with Gasteiger partial charge in [-0.15, -0.1) is 0 Å². The number of ketones is 1. The first-order chi connectivity index (χ1) is 13.5. The third-order valence-electron chi connectivity index (χ3n) is 3.91. The lowest BCUT2D eigenvalue weighted by atomic mass is 10.1. The lowest BCUT2D eigenvalue weighted by Crippen LogP contribution is -2.14. The normalized spacial score (nSPS) is 10.3. The molecule has 0 aliphatic carbocycles. The largest absolute Gasteiger partial charge is 0.496 e. The Morgan fingerprint density at radius 1 is 1.04 bits per heavy atom. The maximum absolute atomic E-state index is 12.2. The Balaban J connectivity index is 1.65. The number of para-hydroxylation sites is 1. The Hall–Kier alpha value is -3.94. The minimum absolute atomic E-state index is 0.0511. The summed E-state index contributed by atoms with van der Waals surface area (Å²) in [6, 6.07) is 15.3. The van der Waals surface area contributed by atoms with Crippen molar-refractivity contribution in [1.29, 1.82) is 0 Å². The quantitative estimate of drug-likeness (QED) is 0.264. The van der Waals surface area contributed by atoms with Crippen molar-refractivity contribution in [2.75, 3.05) is 13.7 Å². The van der Waals surface area contributed by atoms with Crippen molar-refractivity contribution in [3.05, 3.63) is 82.1 Å². The van der Waals surface area contributed by atoms with Crippen molar-refractivity contribution >= 4 is 17.4 Å². The van der Waals surface area contributed by atoms with Crippen LogP contribution in [0.5, 0.6) is 5.75 Å². The summed E-state index contributed by atoms with van der Waals surface area (Å²) >= 11 is 0. The molecule has 0 unspecified atom stereocenters. The summed E-state index contributed by atoms with van der Waals surface area (Å²) in [7, 11) is 1.45. The predicted molar refractivity (Wildman–Crippen MR) is 98.4 cm³/mol. The van der Waals surface area contributed by atoms with E-state index in [1.165, 1.54) is 37.4 Å². The first-order valence-corrected chi connectivity index (χ1v) is 8.17. The van der Waals surface area contributed by atoms with Crippen molar-refractivity contribution in [3.63, 3.8) is 0 Å². The van der Waals surface area contributed by atoms with E-state index in [0.717, 1.165) is 0 Å². The van der Waals surface area contributed by atoms with Crippen LogP contribution in [-0.2, 0) is 4.74 Å².